The van der Waals surface area contributed by atoms with Crippen molar-refractivity contribution in [1.29, 1.82) is 0 Å². The molecule has 24 heavy (non-hydrogen) atoms. The van der Waals surface area contributed by atoms with Gasteiger partial charge in [0.15, 0.2) is 15.6 Å². The number of carbonyl (C=O) groups excluding carboxylic acids is 1. The Balaban J connectivity index is 1.72. The largest absolute Gasteiger partial charge is 0.455 e. The van der Waals surface area contributed by atoms with Crippen molar-refractivity contribution in [1.82, 2.24) is 4.90 Å². The minimum Gasteiger partial charge on any atom is -0.455 e. The first-order chi connectivity index (χ1) is 11.6. The van der Waals surface area contributed by atoms with E-state index < -0.39 is 9.84 Å². The summed E-state index contributed by atoms with van der Waals surface area (Å²) in [6.45, 7) is 1.47. The number of benzene rings is 1. The molecule has 5 nitrogen and oxygen atoms in total. The topological polar surface area (TPSA) is 67.6 Å². The summed E-state index contributed by atoms with van der Waals surface area (Å²) in [5, 5.41) is 0. The van der Waals surface area contributed by atoms with E-state index in [4.69, 9.17) is 4.42 Å². The van der Waals surface area contributed by atoms with E-state index in [-0.39, 0.29) is 28.1 Å². The minimum absolute atomic E-state index is 0.153. The molecule has 1 aliphatic rings. The molecule has 1 aromatic carbocycles. The number of likely N-dealkylation sites (tertiary alicyclic amines) is 1. The van der Waals surface area contributed by atoms with Gasteiger partial charge in [-0.3, -0.25) is 4.79 Å². The van der Waals surface area contributed by atoms with Crippen LogP contribution < -0.4 is 0 Å². The van der Waals surface area contributed by atoms with Gasteiger partial charge in [-0.05, 0) is 37.1 Å². The van der Waals surface area contributed by atoms with Crippen LogP contribution in [0.2, 0.25) is 0 Å². The summed E-state index contributed by atoms with van der Waals surface area (Å²) in [5.74, 6) is 0.108. The molecule has 0 bridgehead atoms. The van der Waals surface area contributed by atoms with Gasteiger partial charge >= 0.3 is 0 Å². The molecule has 3 rings (SSSR count). The lowest BCUT2D eigenvalue weighted by Gasteiger charge is -2.18. The smallest absolute Gasteiger partial charge is 0.289 e. The normalized spacial score (nSPS) is 15.9. The van der Waals surface area contributed by atoms with E-state index in [1.165, 1.54) is 0 Å². The lowest BCUT2D eigenvalue weighted by atomic mass is 10.2. The van der Waals surface area contributed by atoms with Gasteiger partial charge in [0.05, 0.1) is 4.90 Å². The van der Waals surface area contributed by atoms with Crippen molar-refractivity contribution in [2.45, 2.75) is 36.3 Å². The Morgan fingerprint density at radius 2 is 1.62 bits per heavy atom. The molecule has 0 saturated carbocycles. The number of rotatable bonds is 4. The van der Waals surface area contributed by atoms with Gasteiger partial charge in [0.2, 0.25) is 0 Å². The van der Waals surface area contributed by atoms with Gasteiger partial charge in [0.1, 0.15) is 11.5 Å². The van der Waals surface area contributed by atoms with Crippen molar-refractivity contribution in [3.63, 3.8) is 0 Å². The fourth-order valence-electron chi connectivity index (χ4n) is 2.90. The Hall–Kier alpha value is -2.08. The molecule has 1 aromatic heterocycles. The Kier molecular flexibility index (Phi) is 5.04. The summed E-state index contributed by atoms with van der Waals surface area (Å²) < 4.78 is 30.3. The zero-order valence-electron chi connectivity index (χ0n) is 13.5. The lowest BCUT2D eigenvalue weighted by Crippen LogP contribution is -2.31. The van der Waals surface area contributed by atoms with Crippen LogP contribution in [-0.2, 0) is 15.6 Å². The van der Waals surface area contributed by atoms with Gasteiger partial charge in [-0.25, -0.2) is 8.42 Å². The lowest BCUT2D eigenvalue weighted by molar-refractivity contribution is 0.0728. The van der Waals surface area contributed by atoms with Crippen molar-refractivity contribution >= 4 is 15.7 Å². The highest BCUT2D eigenvalue weighted by Gasteiger charge is 2.22. The van der Waals surface area contributed by atoms with Crippen LogP contribution in [-0.4, -0.2) is 32.3 Å². The van der Waals surface area contributed by atoms with E-state index in [1.807, 2.05) is 0 Å². The number of nitrogens with zero attached hydrogens (tertiary/aromatic N) is 1. The van der Waals surface area contributed by atoms with E-state index >= 15 is 0 Å². The van der Waals surface area contributed by atoms with Crippen LogP contribution in [0.1, 0.15) is 42.0 Å². The molecular formula is C18H21NO4S. The Morgan fingerprint density at radius 1 is 0.958 bits per heavy atom. The predicted molar refractivity (Wildman–Crippen MR) is 90.4 cm³/mol. The highest BCUT2D eigenvalue weighted by atomic mass is 32.2. The highest BCUT2D eigenvalue weighted by molar-refractivity contribution is 7.90. The van der Waals surface area contributed by atoms with E-state index in [1.54, 1.807) is 47.4 Å². The maximum atomic E-state index is 12.5. The van der Waals surface area contributed by atoms with Gasteiger partial charge in [0, 0.05) is 13.1 Å². The summed E-state index contributed by atoms with van der Waals surface area (Å²) in [4.78, 5) is 14.5. The number of sulfone groups is 1. The number of amides is 1. The maximum Gasteiger partial charge on any atom is 0.289 e. The molecule has 1 fully saturated rings. The standard InChI is InChI=1S/C18H21NO4S/c20-18(19-12-6-1-2-7-13-19)17-11-10-15(23-17)14-24(21,22)16-8-4-3-5-9-16/h3-5,8-11H,1-2,6-7,12-14H2. The molecule has 0 radical (unpaired) electrons. The van der Waals surface area contributed by atoms with Crippen molar-refractivity contribution in [3.8, 4) is 0 Å². The molecule has 0 unspecified atom stereocenters. The second-order valence-corrected chi connectivity index (χ2v) is 8.03. The fraction of sp³-hybridized carbons (Fsp3) is 0.389. The van der Waals surface area contributed by atoms with Crippen LogP contribution in [0.4, 0.5) is 0 Å². The maximum absolute atomic E-state index is 12.5. The first-order valence-electron chi connectivity index (χ1n) is 8.22. The van der Waals surface area contributed by atoms with Crippen LogP contribution in [0.25, 0.3) is 0 Å². The molecule has 0 aliphatic carbocycles. The Morgan fingerprint density at radius 3 is 2.29 bits per heavy atom. The highest BCUT2D eigenvalue weighted by Crippen LogP contribution is 2.20. The van der Waals surface area contributed by atoms with Crippen molar-refractivity contribution in [2.75, 3.05) is 13.1 Å². The van der Waals surface area contributed by atoms with Crippen molar-refractivity contribution in [2.24, 2.45) is 0 Å². The third-order valence-corrected chi connectivity index (χ3v) is 5.86. The van der Waals surface area contributed by atoms with Crippen LogP contribution in [0.5, 0.6) is 0 Å². The SMILES string of the molecule is O=C(c1ccc(CS(=O)(=O)c2ccccc2)o1)N1CCCCCC1. The number of carbonyl (C=O) groups is 1. The molecule has 0 N–H and O–H groups in total. The third-order valence-electron chi connectivity index (χ3n) is 4.20. The molecule has 0 spiro atoms. The Labute approximate surface area is 142 Å². The van der Waals surface area contributed by atoms with E-state index in [0.717, 1.165) is 38.8 Å². The first-order valence-corrected chi connectivity index (χ1v) is 9.87. The molecule has 1 saturated heterocycles. The van der Waals surface area contributed by atoms with Crippen LogP contribution >= 0.6 is 0 Å². The molecular weight excluding hydrogens is 326 g/mol. The summed E-state index contributed by atoms with van der Waals surface area (Å²) >= 11 is 0. The predicted octanol–water partition coefficient (Wildman–Crippen LogP) is 3.27. The molecule has 2 aromatic rings. The fourth-order valence-corrected chi connectivity index (χ4v) is 4.17. The quantitative estimate of drug-likeness (QED) is 0.851. The van der Waals surface area contributed by atoms with Crippen LogP contribution in [0.15, 0.2) is 51.8 Å². The Bertz CT molecular complexity index is 787. The monoisotopic (exact) mass is 347 g/mol. The summed E-state index contributed by atoms with van der Waals surface area (Å²) in [6.07, 6.45) is 4.29. The number of hydrogen-bond acceptors (Lipinski definition) is 4. The first kappa shape index (κ1) is 16.8. The zero-order chi connectivity index (χ0) is 17.0. The molecule has 0 atom stereocenters. The molecule has 2 heterocycles. The van der Waals surface area contributed by atoms with Gasteiger partial charge in [-0.2, -0.15) is 0 Å². The second kappa shape index (κ2) is 7.21. The van der Waals surface area contributed by atoms with E-state index in [2.05, 4.69) is 0 Å². The third kappa shape index (κ3) is 3.87. The van der Waals surface area contributed by atoms with E-state index in [9.17, 15) is 13.2 Å². The van der Waals surface area contributed by atoms with Gasteiger partial charge < -0.3 is 9.32 Å². The molecule has 128 valence electrons. The van der Waals surface area contributed by atoms with E-state index in [0.29, 0.717) is 0 Å². The summed E-state index contributed by atoms with van der Waals surface area (Å²) in [5.41, 5.74) is 0. The second-order valence-electron chi connectivity index (χ2n) is 6.04. The summed E-state index contributed by atoms with van der Waals surface area (Å²) in [7, 11) is -3.48. The van der Waals surface area contributed by atoms with Gasteiger partial charge in [-0.1, -0.05) is 31.0 Å². The minimum atomic E-state index is -3.48. The van der Waals surface area contributed by atoms with Crippen molar-refractivity contribution in [3.05, 3.63) is 54.0 Å². The van der Waals surface area contributed by atoms with Crippen molar-refractivity contribution < 1.29 is 17.6 Å². The summed E-state index contributed by atoms with van der Waals surface area (Å²) in [6, 6.07) is 11.4. The molecule has 1 amide bonds. The average Bonchev–Trinajstić information content (AvgIpc) is 2.87. The average molecular weight is 347 g/mol. The van der Waals surface area contributed by atoms with Crippen LogP contribution in [0, 0.1) is 0 Å². The number of furan rings is 1. The number of hydrogen-bond donors (Lipinski definition) is 0. The van der Waals surface area contributed by atoms with Gasteiger partial charge in [0.25, 0.3) is 5.91 Å². The van der Waals surface area contributed by atoms with Gasteiger partial charge in [-0.15, -0.1) is 0 Å². The van der Waals surface area contributed by atoms with Crippen LogP contribution in [0.3, 0.4) is 0 Å². The molecule has 6 heteroatoms. The molecule has 1 aliphatic heterocycles. The zero-order valence-corrected chi connectivity index (χ0v) is 14.3.